The Morgan fingerprint density at radius 1 is 1.34 bits per heavy atom. The summed E-state index contributed by atoms with van der Waals surface area (Å²) in [5.41, 5.74) is 3.26. The van der Waals surface area contributed by atoms with Crippen molar-refractivity contribution in [3.05, 3.63) is 66.4 Å². The minimum absolute atomic E-state index is 0.0509. The van der Waals surface area contributed by atoms with E-state index in [4.69, 9.17) is 9.47 Å². The van der Waals surface area contributed by atoms with Crippen LogP contribution in [0, 0.1) is 11.7 Å². The Kier molecular flexibility index (Phi) is 6.00. The number of hydrogen-bond acceptors (Lipinski definition) is 7. The SMILES string of the molecule is C=CC(=O)N1CC2CN3CC[C@]4(CNC(=O)c5c4[nH]c(c5Nc4cccc(F)c4OC)-c4ccncc4OC[C@H]21)C3. The molecule has 0 saturated carbocycles. The molecule has 0 radical (unpaired) electrons. The number of nitrogens with one attached hydrogen (secondary N) is 3. The zero-order chi connectivity index (χ0) is 28.3. The maximum absolute atomic E-state index is 14.7. The lowest BCUT2D eigenvalue weighted by atomic mass is 9.78. The number of H-pyrrole nitrogens is 1. The van der Waals surface area contributed by atoms with Gasteiger partial charge < -0.3 is 34.9 Å². The highest BCUT2D eigenvalue weighted by Gasteiger charge is 2.50. The first kappa shape index (κ1) is 25.6. The van der Waals surface area contributed by atoms with E-state index in [2.05, 4.69) is 32.1 Å². The summed E-state index contributed by atoms with van der Waals surface area (Å²) < 4.78 is 26.4. The van der Waals surface area contributed by atoms with Gasteiger partial charge in [0.05, 0.1) is 42.0 Å². The van der Waals surface area contributed by atoms with Crippen LogP contribution < -0.4 is 20.1 Å². The molecule has 2 fully saturated rings. The van der Waals surface area contributed by atoms with Crippen molar-refractivity contribution in [3.63, 3.8) is 0 Å². The number of rotatable bonds is 4. The third-order valence-electron chi connectivity index (χ3n) is 9.00. The molecule has 41 heavy (non-hydrogen) atoms. The van der Waals surface area contributed by atoms with Crippen LogP contribution >= 0.6 is 0 Å². The molecule has 10 nitrogen and oxygen atoms in total. The second-order valence-electron chi connectivity index (χ2n) is 11.2. The lowest BCUT2D eigenvalue weighted by Gasteiger charge is -2.48. The fourth-order valence-electron chi connectivity index (χ4n) is 6.90. The van der Waals surface area contributed by atoms with Gasteiger partial charge in [0.2, 0.25) is 5.91 Å². The standard InChI is InChI=1S/C30H31FN6O4/c1-3-23(38)37-13-17-12-36-10-8-30(16-36)15-33-29(39)24-26(34-20-6-4-5-19(31)27(20)40-2)25(35-28(24)30)18-7-9-32-11-22(18)41-14-21(17)37/h3-7,9,11,17,21,34-35H,1,8,10,12-16H2,2H3,(H,33,39)/t17?,21-,30+/m1/s1. The summed E-state index contributed by atoms with van der Waals surface area (Å²) in [5, 5.41) is 6.46. The van der Waals surface area contributed by atoms with Gasteiger partial charge in [-0.2, -0.15) is 0 Å². The molecular formula is C30H31FN6O4. The molecule has 212 valence electrons. The number of ether oxygens (including phenoxy) is 2. The molecule has 2 amide bonds. The summed E-state index contributed by atoms with van der Waals surface area (Å²) in [6.45, 7) is 7.56. The number of carbonyl (C=O) groups is 2. The van der Waals surface area contributed by atoms with Crippen molar-refractivity contribution in [1.82, 2.24) is 25.1 Å². The van der Waals surface area contributed by atoms with Gasteiger partial charge in [0.25, 0.3) is 5.91 Å². The summed E-state index contributed by atoms with van der Waals surface area (Å²) >= 11 is 0. The number of aromatic amines is 1. The number of benzene rings is 1. The second-order valence-corrected chi connectivity index (χ2v) is 11.2. The van der Waals surface area contributed by atoms with Crippen LogP contribution in [0.25, 0.3) is 11.3 Å². The van der Waals surface area contributed by atoms with Gasteiger partial charge in [-0.15, -0.1) is 0 Å². The number of fused-ring (bicyclic) bond motifs is 5. The Labute approximate surface area is 236 Å². The summed E-state index contributed by atoms with van der Waals surface area (Å²) in [7, 11) is 1.41. The van der Waals surface area contributed by atoms with Crippen LogP contribution in [0.5, 0.6) is 11.5 Å². The van der Waals surface area contributed by atoms with Crippen molar-refractivity contribution >= 4 is 23.2 Å². The maximum atomic E-state index is 14.7. The van der Waals surface area contributed by atoms with Crippen LogP contribution in [-0.4, -0.2) is 84.1 Å². The molecule has 4 atom stereocenters. The van der Waals surface area contributed by atoms with E-state index >= 15 is 0 Å². The van der Waals surface area contributed by atoms with E-state index in [1.165, 1.54) is 19.3 Å². The molecule has 2 aromatic heterocycles. The third kappa shape index (κ3) is 3.98. The normalized spacial score (nSPS) is 26.0. The zero-order valence-corrected chi connectivity index (χ0v) is 22.7. The molecule has 2 unspecified atom stereocenters. The van der Waals surface area contributed by atoms with Gasteiger partial charge in [-0.25, -0.2) is 4.39 Å². The first-order valence-corrected chi connectivity index (χ1v) is 13.8. The minimum Gasteiger partial charge on any atom is -0.492 e. The first-order valence-electron chi connectivity index (χ1n) is 13.8. The van der Waals surface area contributed by atoms with Gasteiger partial charge in [0.15, 0.2) is 11.6 Å². The Balaban J connectivity index is 1.40. The summed E-state index contributed by atoms with van der Waals surface area (Å²) in [6.07, 6.45) is 5.51. The van der Waals surface area contributed by atoms with Crippen LogP contribution in [0.1, 0.15) is 22.5 Å². The highest BCUT2D eigenvalue weighted by Crippen LogP contribution is 2.48. The topological polar surface area (TPSA) is 112 Å². The number of methoxy groups -OCH3 is 1. The van der Waals surface area contributed by atoms with E-state index in [1.54, 1.807) is 24.5 Å². The molecule has 3 aromatic rings. The van der Waals surface area contributed by atoms with Crippen LogP contribution in [0.4, 0.5) is 15.8 Å². The van der Waals surface area contributed by atoms with Gasteiger partial charge in [0, 0.05) is 55.0 Å². The molecule has 7 rings (SSSR count). The molecule has 3 N–H and O–H groups in total. The number of nitrogens with zero attached hydrogens (tertiary/aromatic N) is 3. The number of anilines is 2. The molecule has 6 heterocycles. The molecule has 0 aliphatic carbocycles. The zero-order valence-electron chi connectivity index (χ0n) is 22.7. The molecule has 4 bridgehead atoms. The first-order chi connectivity index (χ1) is 19.9. The number of aromatic nitrogens is 2. The number of amides is 2. The van der Waals surface area contributed by atoms with Crippen molar-refractivity contribution in [2.45, 2.75) is 17.9 Å². The number of para-hydroxylation sites is 1. The lowest BCUT2D eigenvalue weighted by molar-refractivity contribution is -0.141. The van der Waals surface area contributed by atoms with Crippen LogP contribution in [0.15, 0.2) is 49.3 Å². The molecule has 11 heteroatoms. The van der Waals surface area contributed by atoms with Crippen LogP contribution in [-0.2, 0) is 10.2 Å². The second kappa shape index (κ2) is 9.62. The number of carbonyl (C=O) groups excluding carboxylic acids is 2. The van der Waals surface area contributed by atoms with E-state index in [1.807, 2.05) is 11.0 Å². The van der Waals surface area contributed by atoms with Crippen LogP contribution in [0.3, 0.4) is 0 Å². The Morgan fingerprint density at radius 2 is 2.22 bits per heavy atom. The van der Waals surface area contributed by atoms with Crippen molar-refractivity contribution in [2.75, 3.05) is 51.8 Å². The molecule has 4 aliphatic rings. The number of halogens is 1. The van der Waals surface area contributed by atoms with Gasteiger partial charge in [-0.05, 0) is 37.2 Å². The van der Waals surface area contributed by atoms with Crippen molar-refractivity contribution in [2.24, 2.45) is 5.92 Å². The quantitative estimate of drug-likeness (QED) is 0.422. The number of likely N-dealkylation sites (tertiary alicyclic amines) is 1. The van der Waals surface area contributed by atoms with Crippen molar-refractivity contribution in [3.8, 4) is 22.8 Å². The predicted octanol–water partition coefficient (Wildman–Crippen LogP) is 3.06. The van der Waals surface area contributed by atoms with Gasteiger partial charge in [0.1, 0.15) is 12.4 Å². The average molecular weight is 559 g/mol. The highest BCUT2D eigenvalue weighted by atomic mass is 19.1. The van der Waals surface area contributed by atoms with Gasteiger partial charge in [-0.1, -0.05) is 12.6 Å². The smallest absolute Gasteiger partial charge is 0.255 e. The van der Waals surface area contributed by atoms with Gasteiger partial charge in [-0.3, -0.25) is 14.6 Å². The monoisotopic (exact) mass is 558 g/mol. The van der Waals surface area contributed by atoms with Crippen LogP contribution in [0.2, 0.25) is 0 Å². The molecule has 1 spiro atoms. The Morgan fingerprint density at radius 3 is 3.05 bits per heavy atom. The Bertz CT molecular complexity index is 1570. The predicted molar refractivity (Wildman–Crippen MR) is 150 cm³/mol. The van der Waals surface area contributed by atoms with Crippen molar-refractivity contribution in [1.29, 1.82) is 0 Å². The van der Waals surface area contributed by atoms with Gasteiger partial charge >= 0.3 is 0 Å². The Hall–Kier alpha value is -4.38. The molecule has 4 aliphatic heterocycles. The maximum Gasteiger partial charge on any atom is 0.255 e. The third-order valence-corrected chi connectivity index (χ3v) is 9.00. The molecular weight excluding hydrogens is 527 g/mol. The van der Waals surface area contributed by atoms with E-state index < -0.39 is 5.82 Å². The average Bonchev–Trinajstić information content (AvgIpc) is 3.56. The largest absolute Gasteiger partial charge is 0.492 e. The minimum atomic E-state index is -0.514. The molecule has 1 aromatic carbocycles. The van der Waals surface area contributed by atoms with Crippen molar-refractivity contribution < 1.29 is 23.5 Å². The fourth-order valence-corrected chi connectivity index (χ4v) is 6.90. The van der Waals surface area contributed by atoms with E-state index in [9.17, 15) is 14.0 Å². The molecule has 2 saturated heterocycles. The van der Waals surface area contributed by atoms with E-state index in [0.29, 0.717) is 53.6 Å². The fraction of sp³-hybridized carbons (Fsp3) is 0.367. The highest BCUT2D eigenvalue weighted by molar-refractivity contribution is 6.07. The van der Waals surface area contributed by atoms with E-state index in [-0.39, 0.29) is 34.9 Å². The number of hydrogen-bond donors (Lipinski definition) is 3. The summed E-state index contributed by atoms with van der Waals surface area (Å²) in [6, 6.07) is 6.36. The summed E-state index contributed by atoms with van der Waals surface area (Å²) in [4.78, 5) is 38.3. The van der Waals surface area contributed by atoms with E-state index in [0.717, 1.165) is 31.7 Å². The summed E-state index contributed by atoms with van der Waals surface area (Å²) in [5.74, 6) is -0.00720. The lowest BCUT2D eigenvalue weighted by Crippen LogP contribution is -2.63. The number of pyridine rings is 1.